The molecule has 18 heavy (non-hydrogen) atoms. The van der Waals surface area contributed by atoms with Gasteiger partial charge in [0.2, 0.25) is 0 Å². The number of benzene rings is 1. The number of nitrogens with one attached hydrogen (secondary N) is 1. The van der Waals surface area contributed by atoms with Crippen molar-refractivity contribution in [1.29, 1.82) is 0 Å². The Morgan fingerprint density at radius 3 is 2.61 bits per heavy atom. The van der Waals surface area contributed by atoms with Gasteiger partial charge >= 0.3 is 0 Å². The zero-order valence-electron chi connectivity index (χ0n) is 11.9. The van der Waals surface area contributed by atoms with Crippen molar-refractivity contribution in [3.05, 3.63) is 29.6 Å². The molecule has 0 aliphatic carbocycles. The fraction of sp³-hybridized carbons (Fsp3) is 0.625. The van der Waals surface area contributed by atoms with Gasteiger partial charge < -0.3 is 5.32 Å². The molecule has 2 heteroatoms. The van der Waals surface area contributed by atoms with Crippen LogP contribution < -0.4 is 5.32 Å². The van der Waals surface area contributed by atoms with Crippen LogP contribution in [0.2, 0.25) is 0 Å². The van der Waals surface area contributed by atoms with Crippen molar-refractivity contribution in [2.45, 2.75) is 65.3 Å². The second kappa shape index (κ2) is 8.12. The molecule has 0 fully saturated rings. The van der Waals surface area contributed by atoms with Crippen molar-refractivity contribution < 1.29 is 4.39 Å². The van der Waals surface area contributed by atoms with Gasteiger partial charge in [0.25, 0.3) is 0 Å². The van der Waals surface area contributed by atoms with Gasteiger partial charge in [0, 0.05) is 6.04 Å². The Kier molecular flexibility index (Phi) is 6.77. The average molecular weight is 251 g/mol. The summed E-state index contributed by atoms with van der Waals surface area (Å²) in [4.78, 5) is 0. The van der Waals surface area contributed by atoms with Gasteiger partial charge in [-0.25, -0.2) is 4.39 Å². The quantitative estimate of drug-likeness (QED) is 0.619. The van der Waals surface area contributed by atoms with Crippen molar-refractivity contribution >= 4 is 5.69 Å². The van der Waals surface area contributed by atoms with Crippen molar-refractivity contribution in [3.63, 3.8) is 0 Å². The van der Waals surface area contributed by atoms with E-state index in [0.717, 1.165) is 12.0 Å². The monoisotopic (exact) mass is 251 g/mol. The van der Waals surface area contributed by atoms with Crippen LogP contribution in [0.15, 0.2) is 18.2 Å². The second-order valence-corrected chi connectivity index (χ2v) is 5.23. The van der Waals surface area contributed by atoms with Gasteiger partial charge in [0.15, 0.2) is 0 Å². The van der Waals surface area contributed by atoms with E-state index in [4.69, 9.17) is 0 Å². The lowest BCUT2D eigenvalue weighted by molar-refractivity contribution is 0.573. The SMILES string of the molecule is CCCCCCCC(C)Nc1cc(C)ccc1F. The van der Waals surface area contributed by atoms with Crippen LogP contribution in [0.5, 0.6) is 0 Å². The predicted molar refractivity (Wildman–Crippen MR) is 77.6 cm³/mol. The van der Waals surface area contributed by atoms with Gasteiger partial charge in [0.05, 0.1) is 5.69 Å². The van der Waals surface area contributed by atoms with E-state index in [-0.39, 0.29) is 5.82 Å². The Labute approximate surface area is 111 Å². The summed E-state index contributed by atoms with van der Waals surface area (Å²) in [6, 6.07) is 5.55. The molecule has 102 valence electrons. The molecule has 0 aliphatic heterocycles. The maximum absolute atomic E-state index is 13.6. The lowest BCUT2D eigenvalue weighted by atomic mass is 10.1. The molecule has 0 amide bonds. The fourth-order valence-electron chi connectivity index (χ4n) is 2.14. The summed E-state index contributed by atoms with van der Waals surface area (Å²) >= 11 is 0. The Hall–Kier alpha value is -1.05. The number of hydrogen-bond donors (Lipinski definition) is 1. The Morgan fingerprint density at radius 2 is 1.89 bits per heavy atom. The molecule has 0 saturated heterocycles. The number of hydrogen-bond acceptors (Lipinski definition) is 1. The van der Waals surface area contributed by atoms with E-state index in [1.807, 2.05) is 13.0 Å². The van der Waals surface area contributed by atoms with Gasteiger partial charge in [-0.1, -0.05) is 45.1 Å². The van der Waals surface area contributed by atoms with Gasteiger partial charge in [-0.05, 0) is 38.0 Å². The van der Waals surface area contributed by atoms with Crippen LogP contribution in [0, 0.1) is 12.7 Å². The summed E-state index contributed by atoms with van der Waals surface area (Å²) < 4.78 is 13.6. The van der Waals surface area contributed by atoms with Crippen LogP contribution in [-0.2, 0) is 0 Å². The first kappa shape index (κ1) is 15.0. The molecule has 1 aromatic carbocycles. The highest BCUT2D eigenvalue weighted by molar-refractivity contribution is 5.47. The minimum Gasteiger partial charge on any atom is -0.380 e. The highest BCUT2D eigenvalue weighted by Crippen LogP contribution is 2.18. The molecule has 1 aromatic rings. The number of aryl methyl sites for hydroxylation is 1. The third-order valence-electron chi connectivity index (χ3n) is 3.26. The third kappa shape index (κ3) is 5.52. The first-order valence-electron chi connectivity index (χ1n) is 7.16. The third-order valence-corrected chi connectivity index (χ3v) is 3.26. The molecule has 1 unspecified atom stereocenters. The smallest absolute Gasteiger partial charge is 0.146 e. The zero-order valence-corrected chi connectivity index (χ0v) is 11.9. The second-order valence-electron chi connectivity index (χ2n) is 5.23. The Morgan fingerprint density at radius 1 is 1.17 bits per heavy atom. The topological polar surface area (TPSA) is 12.0 Å². The molecule has 0 radical (unpaired) electrons. The minimum absolute atomic E-state index is 0.154. The molecule has 1 atom stereocenters. The molecule has 1 nitrogen and oxygen atoms in total. The summed E-state index contributed by atoms with van der Waals surface area (Å²) in [5, 5.41) is 3.27. The van der Waals surface area contributed by atoms with Crippen LogP contribution in [-0.4, -0.2) is 6.04 Å². The molecular weight excluding hydrogens is 225 g/mol. The largest absolute Gasteiger partial charge is 0.380 e. The summed E-state index contributed by atoms with van der Waals surface area (Å²) in [5.41, 5.74) is 1.73. The van der Waals surface area contributed by atoms with E-state index in [9.17, 15) is 4.39 Å². The van der Waals surface area contributed by atoms with E-state index >= 15 is 0 Å². The lowest BCUT2D eigenvalue weighted by Gasteiger charge is -2.16. The summed E-state index contributed by atoms with van der Waals surface area (Å²) in [6.45, 7) is 6.34. The van der Waals surface area contributed by atoms with Gasteiger partial charge in [-0.2, -0.15) is 0 Å². The molecule has 0 heterocycles. The Bertz CT molecular complexity index is 349. The average Bonchev–Trinajstić information content (AvgIpc) is 2.33. The van der Waals surface area contributed by atoms with E-state index in [0.29, 0.717) is 11.7 Å². The zero-order chi connectivity index (χ0) is 13.4. The fourth-order valence-corrected chi connectivity index (χ4v) is 2.14. The van der Waals surface area contributed by atoms with Gasteiger partial charge in [0.1, 0.15) is 5.82 Å². The van der Waals surface area contributed by atoms with Gasteiger partial charge in [-0.15, -0.1) is 0 Å². The molecule has 0 bridgehead atoms. The maximum Gasteiger partial charge on any atom is 0.146 e. The number of rotatable bonds is 8. The number of unbranched alkanes of at least 4 members (excludes halogenated alkanes) is 4. The Balaban J connectivity index is 2.30. The molecule has 0 spiro atoms. The van der Waals surface area contributed by atoms with Crippen molar-refractivity contribution in [2.24, 2.45) is 0 Å². The van der Waals surface area contributed by atoms with Crippen LogP contribution >= 0.6 is 0 Å². The molecular formula is C16H26FN. The van der Waals surface area contributed by atoms with E-state index < -0.39 is 0 Å². The molecule has 1 N–H and O–H groups in total. The summed E-state index contributed by atoms with van der Waals surface area (Å²) in [6.07, 6.45) is 7.55. The maximum atomic E-state index is 13.6. The number of halogens is 1. The molecule has 1 rings (SSSR count). The van der Waals surface area contributed by atoms with Crippen LogP contribution in [0.1, 0.15) is 57.9 Å². The lowest BCUT2D eigenvalue weighted by Crippen LogP contribution is -2.15. The van der Waals surface area contributed by atoms with Crippen LogP contribution in [0.25, 0.3) is 0 Å². The van der Waals surface area contributed by atoms with Crippen molar-refractivity contribution in [3.8, 4) is 0 Å². The van der Waals surface area contributed by atoms with E-state index in [1.54, 1.807) is 6.07 Å². The molecule has 0 aliphatic rings. The number of anilines is 1. The van der Waals surface area contributed by atoms with Crippen LogP contribution in [0.3, 0.4) is 0 Å². The predicted octanol–water partition coefficient (Wildman–Crippen LogP) is 5.30. The molecule has 0 saturated carbocycles. The van der Waals surface area contributed by atoms with Crippen molar-refractivity contribution in [1.82, 2.24) is 0 Å². The first-order valence-corrected chi connectivity index (χ1v) is 7.16. The highest BCUT2D eigenvalue weighted by Gasteiger charge is 2.06. The normalized spacial score (nSPS) is 12.4. The standard InChI is InChI=1S/C16H26FN/c1-4-5-6-7-8-9-14(3)18-16-12-13(2)10-11-15(16)17/h10-12,14,18H,4-9H2,1-3H3. The summed E-state index contributed by atoms with van der Waals surface area (Å²) in [5.74, 6) is -0.154. The van der Waals surface area contributed by atoms with Gasteiger partial charge in [-0.3, -0.25) is 0 Å². The molecule has 0 aromatic heterocycles. The van der Waals surface area contributed by atoms with Crippen molar-refractivity contribution in [2.75, 3.05) is 5.32 Å². The van der Waals surface area contributed by atoms with Crippen LogP contribution in [0.4, 0.5) is 10.1 Å². The van der Waals surface area contributed by atoms with E-state index in [1.165, 1.54) is 38.2 Å². The first-order chi connectivity index (χ1) is 8.63. The minimum atomic E-state index is -0.154. The van der Waals surface area contributed by atoms with E-state index in [2.05, 4.69) is 19.2 Å². The highest BCUT2D eigenvalue weighted by atomic mass is 19.1. The summed E-state index contributed by atoms with van der Waals surface area (Å²) in [7, 11) is 0.